The maximum atomic E-state index is 12.5. The van der Waals surface area contributed by atoms with Crippen LogP contribution in [0.15, 0.2) is 0 Å². The molecule has 0 aromatic carbocycles. The van der Waals surface area contributed by atoms with Crippen LogP contribution in [-0.4, -0.2) is 64.0 Å². The molecule has 11 nitrogen and oxygen atoms in total. The van der Waals surface area contributed by atoms with Gasteiger partial charge < -0.3 is 31.9 Å². The molecular formula is C18H32N4O7. The highest BCUT2D eigenvalue weighted by atomic mass is 16.4. The minimum atomic E-state index is -1.40. The third-order valence-electron chi connectivity index (χ3n) is 4.28. The van der Waals surface area contributed by atoms with E-state index in [1.165, 1.54) is 6.92 Å². The minimum absolute atomic E-state index is 0.130. The number of amides is 3. The maximum absolute atomic E-state index is 12.5. The summed E-state index contributed by atoms with van der Waals surface area (Å²) < 4.78 is 0. The van der Waals surface area contributed by atoms with Crippen LogP contribution >= 0.6 is 0 Å². The van der Waals surface area contributed by atoms with Crippen LogP contribution in [0, 0.1) is 11.8 Å². The number of carbonyl (C=O) groups excluding carboxylic acids is 3. The van der Waals surface area contributed by atoms with Crippen LogP contribution in [0.1, 0.15) is 47.5 Å². The molecule has 0 aromatic heterocycles. The number of carboxylic acids is 2. The summed E-state index contributed by atoms with van der Waals surface area (Å²) in [6, 6.07) is -4.24. The first kappa shape index (κ1) is 26.3. The van der Waals surface area contributed by atoms with Crippen LogP contribution in [0.2, 0.25) is 0 Å². The van der Waals surface area contributed by atoms with Crippen molar-refractivity contribution < 1.29 is 34.2 Å². The Kier molecular flexibility index (Phi) is 10.9. The third kappa shape index (κ3) is 9.37. The monoisotopic (exact) mass is 416 g/mol. The van der Waals surface area contributed by atoms with Crippen molar-refractivity contribution in [3.05, 3.63) is 0 Å². The quantitative estimate of drug-likeness (QED) is 0.235. The van der Waals surface area contributed by atoms with Crippen molar-refractivity contribution in [1.29, 1.82) is 0 Å². The Bertz CT molecular complexity index is 621. The van der Waals surface area contributed by atoms with Crippen molar-refractivity contribution in [2.24, 2.45) is 17.6 Å². The Morgan fingerprint density at radius 3 is 1.76 bits per heavy atom. The first-order chi connectivity index (χ1) is 13.3. The standard InChI is InChI=1S/C18H32N4O7/c1-8(2)13(19)16(26)22-14(9(3)4)17(27)20-10(5)15(25)21-11(18(28)29)6-7-12(23)24/h8-11,13-14H,6-7,19H2,1-5H3,(H,20,27)(H,21,25)(H,22,26)(H,23,24)(H,28,29). The average Bonchev–Trinajstić information content (AvgIpc) is 2.60. The van der Waals surface area contributed by atoms with Gasteiger partial charge in [-0.05, 0) is 25.2 Å². The Hall–Kier alpha value is -2.69. The number of carbonyl (C=O) groups is 5. The molecule has 0 rings (SSSR count). The Balaban J connectivity index is 4.99. The molecule has 0 saturated carbocycles. The molecule has 0 saturated heterocycles. The molecule has 0 radical (unpaired) electrons. The van der Waals surface area contributed by atoms with Crippen LogP contribution in [0.4, 0.5) is 0 Å². The van der Waals surface area contributed by atoms with E-state index in [1.54, 1.807) is 27.7 Å². The average molecular weight is 416 g/mol. The summed E-state index contributed by atoms with van der Waals surface area (Å²) in [6.45, 7) is 8.31. The SMILES string of the molecule is CC(NC(=O)C(NC(=O)C(N)C(C)C)C(C)C)C(=O)NC(CCC(=O)O)C(=O)O. The molecule has 0 bridgehead atoms. The molecule has 29 heavy (non-hydrogen) atoms. The summed E-state index contributed by atoms with van der Waals surface area (Å²) in [6.07, 6.45) is -0.732. The van der Waals surface area contributed by atoms with Crippen molar-refractivity contribution in [3.63, 3.8) is 0 Å². The fraction of sp³-hybridized carbons (Fsp3) is 0.722. The first-order valence-corrected chi connectivity index (χ1v) is 9.39. The highest BCUT2D eigenvalue weighted by Gasteiger charge is 2.30. The van der Waals surface area contributed by atoms with Gasteiger partial charge in [-0.25, -0.2) is 4.79 Å². The largest absolute Gasteiger partial charge is 0.481 e. The second-order valence-electron chi connectivity index (χ2n) is 7.56. The molecule has 0 aliphatic heterocycles. The van der Waals surface area contributed by atoms with Gasteiger partial charge in [0.1, 0.15) is 18.1 Å². The van der Waals surface area contributed by atoms with Gasteiger partial charge >= 0.3 is 11.9 Å². The molecule has 11 heteroatoms. The smallest absolute Gasteiger partial charge is 0.326 e. The molecule has 3 amide bonds. The van der Waals surface area contributed by atoms with Crippen molar-refractivity contribution >= 4 is 29.7 Å². The van der Waals surface area contributed by atoms with E-state index in [4.69, 9.17) is 15.9 Å². The number of carboxylic acid groups (broad SMARTS) is 2. The van der Waals surface area contributed by atoms with E-state index in [0.717, 1.165) is 0 Å². The Labute approximate surface area is 169 Å². The van der Waals surface area contributed by atoms with Crippen molar-refractivity contribution in [3.8, 4) is 0 Å². The van der Waals surface area contributed by atoms with Gasteiger partial charge in [-0.1, -0.05) is 27.7 Å². The first-order valence-electron chi connectivity index (χ1n) is 9.39. The maximum Gasteiger partial charge on any atom is 0.326 e. The molecule has 0 fully saturated rings. The van der Waals surface area contributed by atoms with E-state index in [0.29, 0.717) is 0 Å². The van der Waals surface area contributed by atoms with Gasteiger partial charge in [0.2, 0.25) is 17.7 Å². The number of hydrogen-bond acceptors (Lipinski definition) is 6. The minimum Gasteiger partial charge on any atom is -0.481 e. The van der Waals surface area contributed by atoms with Crippen molar-refractivity contribution in [1.82, 2.24) is 16.0 Å². The lowest BCUT2D eigenvalue weighted by Gasteiger charge is -2.26. The van der Waals surface area contributed by atoms with Crippen LogP contribution in [0.3, 0.4) is 0 Å². The lowest BCUT2D eigenvalue weighted by atomic mass is 10.00. The summed E-state index contributed by atoms with van der Waals surface area (Å²) in [5.74, 6) is -4.90. The second kappa shape index (κ2) is 12.0. The van der Waals surface area contributed by atoms with Crippen LogP contribution in [-0.2, 0) is 24.0 Å². The number of rotatable bonds is 12. The molecule has 0 aliphatic rings. The van der Waals surface area contributed by atoms with Crippen molar-refractivity contribution in [2.45, 2.75) is 71.6 Å². The highest BCUT2D eigenvalue weighted by Crippen LogP contribution is 2.06. The van der Waals surface area contributed by atoms with Crippen LogP contribution in [0.5, 0.6) is 0 Å². The molecule has 4 unspecified atom stereocenters. The number of hydrogen-bond donors (Lipinski definition) is 6. The van der Waals surface area contributed by atoms with Gasteiger partial charge in [-0.2, -0.15) is 0 Å². The van der Waals surface area contributed by atoms with Crippen molar-refractivity contribution in [2.75, 3.05) is 0 Å². The topological polar surface area (TPSA) is 188 Å². The third-order valence-corrected chi connectivity index (χ3v) is 4.28. The van der Waals surface area contributed by atoms with E-state index in [9.17, 15) is 24.0 Å². The summed E-state index contributed by atoms with van der Waals surface area (Å²) >= 11 is 0. The summed E-state index contributed by atoms with van der Waals surface area (Å²) in [5, 5.41) is 24.9. The molecule has 4 atom stereocenters. The zero-order valence-electron chi connectivity index (χ0n) is 17.4. The Morgan fingerprint density at radius 1 is 0.793 bits per heavy atom. The molecule has 7 N–H and O–H groups in total. The predicted octanol–water partition coefficient (Wildman–Crippen LogP) is -0.951. The summed E-state index contributed by atoms with van der Waals surface area (Å²) in [7, 11) is 0. The van der Waals surface area contributed by atoms with E-state index < -0.39 is 60.2 Å². The summed E-state index contributed by atoms with van der Waals surface area (Å²) in [4.78, 5) is 58.7. The lowest BCUT2D eigenvalue weighted by Crippen LogP contribution is -2.58. The fourth-order valence-electron chi connectivity index (χ4n) is 2.28. The van der Waals surface area contributed by atoms with Gasteiger partial charge in [-0.3, -0.25) is 19.2 Å². The second-order valence-corrected chi connectivity index (χ2v) is 7.56. The molecule has 166 valence electrons. The van der Waals surface area contributed by atoms with Gasteiger partial charge in [0, 0.05) is 6.42 Å². The van der Waals surface area contributed by atoms with E-state index in [2.05, 4.69) is 16.0 Å². The van der Waals surface area contributed by atoms with Gasteiger partial charge in [0.25, 0.3) is 0 Å². The highest BCUT2D eigenvalue weighted by molar-refractivity contribution is 5.94. The lowest BCUT2D eigenvalue weighted by molar-refractivity contribution is -0.143. The number of aliphatic carboxylic acids is 2. The van der Waals surface area contributed by atoms with E-state index in [-0.39, 0.29) is 18.3 Å². The molecular weight excluding hydrogens is 384 g/mol. The number of nitrogens with two attached hydrogens (primary N) is 1. The van der Waals surface area contributed by atoms with Gasteiger partial charge in [0.05, 0.1) is 6.04 Å². The molecule has 0 spiro atoms. The summed E-state index contributed by atoms with van der Waals surface area (Å²) in [5.41, 5.74) is 5.79. The molecule has 0 aliphatic carbocycles. The number of nitrogens with one attached hydrogen (secondary N) is 3. The zero-order chi connectivity index (χ0) is 22.9. The normalized spacial score (nSPS) is 15.2. The van der Waals surface area contributed by atoms with Gasteiger partial charge in [-0.15, -0.1) is 0 Å². The Morgan fingerprint density at radius 2 is 1.34 bits per heavy atom. The molecule has 0 aromatic rings. The molecule has 0 heterocycles. The van der Waals surface area contributed by atoms with E-state index >= 15 is 0 Å². The fourth-order valence-corrected chi connectivity index (χ4v) is 2.28. The van der Waals surface area contributed by atoms with Crippen LogP contribution < -0.4 is 21.7 Å². The van der Waals surface area contributed by atoms with E-state index in [1.807, 2.05) is 0 Å². The van der Waals surface area contributed by atoms with Crippen LogP contribution in [0.25, 0.3) is 0 Å². The zero-order valence-corrected chi connectivity index (χ0v) is 17.4. The van der Waals surface area contributed by atoms with Gasteiger partial charge in [0.15, 0.2) is 0 Å². The predicted molar refractivity (Wildman–Crippen MR) is 104 cm³/mol.